The fourth-order valence-corrected chi connectivity index (χ4v) is 1.24. The third kappa shape index (κ3) is 4.94. The summed E-state index contributed by atoms with van der Waals surface area (Å²) in [5.74, 6) is 1.45. The van der Waals surface area contributed by atoms with Gasteiger partial charge < -0.3 is 10.1 Å². The van der Waals surface area contributed by atoms with Crippen LogP contribution in [0.5, 0.6) is 5.75 Å². The van der Waals surface area contributed by atoms with Gasteiger partial charge in [0, 0.05) is 6.54 Å². The average molecular weight is 220 g/mol. The van der Waals surface area contributed by atoms with Gasteiger partial charge in [-0.1, -0.05) is 26.5 Å². The van der Waals surface area contributed by atoms with E-state index in [0.717, 1.165) is 24.5 Å². The van der Waals surface area contributed by atoms with E-state index < -0.39 is 0 Å². The molecule has 88 valence electrons. The molecule has 3 heteroatoms. The molecule has 0 unspecified atom stereocenters. The minimum Gasteiger partial charge on any atom is -0.488 e. The van der Waals surface area contributed by atoms with Crippen LogP contribution in [0, 0.1) is 5.92 Å². The molecule has 1 rings (SSSR count). The third-order valence-electron chi connectivity index (χ3n) is 2.02. The molecule has 3 nitrogen and oxygen atoms in total. The molecule has 1 heterocycles. The van der Waals surface area contributed by atoms with E-state index in [1.165, 1.54) is 0 Å². The second-order valence-corrected chi connectivity index (χ2v) is 4.11. The first-order valence-electron chi connectivity index (χ1n) is 5.61. The topological polar surface area (TPSA) is 34.1 Å². The fourth-order valence-electron chi connectivity index (χ4n) is 1.24. The fraction of sp³-hybridized carbons (Fsp3) is 0.462. The predicted molar refractivity (Wildman–Crippen MR) is 66.5 cm³/mol. The first-order valence-corrected chi connectivity index (χ1v) is 5.61. The Morgan fingerprint density at radius 3 is 2.88 bits per heavy atom. The van der Waals surface area contributed by atoms with E-state index in [2.05, 4.69) is 30.7 Å². The predicted octanol–water partition coefficient (Wildman–Crippen LogP) is 2.39. The van der Waals surface area contributed by atoms with Crippen molar-refractivity contribution in [3.8, 4) is 5.75 Å². The average Bonchev–Trinajstić information content (AvgIpc) is 2.27. The SMILES string of the molecule is C=CCOc1ccc(CNCC(C)C)nc1. The van der Waals surface area contributed by atoms with Crippen LogP contribution in [0.1, 0.15) is 19.5 Å². The minimum absolute atomic E-state index is 0.520. The highest BCUT2D eigenvalue weighted by molar-refractivity contribution is 5.20. The molecular weight excluding hydrogens is 200 g/mol. The Labute approximate surface area is 97.5 Å². The van der Waals surface area contributed by atoms with E-state index in [4.69, 9.17) is 4.74 Å². The van der Waals surface area contributed by atoms with Crippen molar-refractivity contribution in [1.82, 2.24) is 10.3 Å². The Hall–Kier alpha value is -1.35. The number of ether oxygens (including phenoxy) is 1. The zero-order valence-electron chi connectivity index (χ0n) is 10.1. The van der Waals surface area contributed by atoms with Crippen LogP contribution in [0.15, 0.2) is 31.0 Å². The molecule has 0 atom stereocenters. The first kappa shape index (κ1) is 12.7. The van der Waals surface area contributed by atoms with Crippen LogP contribution >= 0.6 is 0 Å². The molecule has 0 aliphatic rings. The molecule has 0 aliphatic carbocycles. The van der Waals surface area contributed by atoms with Crippen molar-refractivity contribution >= 4 is 0 Å². The Morgan fingerprint density at radius 1 is 1.50 bits per heavy atom. The van der Waals surface area contributed by atoms with E-state index in [-0.39, 0.29) is 0 Å². The van der Waals surface area contributed by atoms with Crippen LogP contribution in [-0.4, -0.2) is 18.1 Å². The van der Waals surface area contributed by atoms with Crippen molar-refractivity contribution in [2.45, 2.75) is 20.4 Å². The smallest absolute Gasteiger partial charge is 0.138 e. The van der Waals surface area contributed by atoms with Crippen molar-refractivity contribution in [2.24, 2.45) is 5.92 Å². The molecule has 0 saturated heterocycles. The number of hydrogen-bond donors (Lipinski definition) is 1. The van der Waals surface area contributed by atoms with Crippen molar-refractivity contribution in [3.05, 3.63) is 36.7 Å². The second kappa shape index (κ2) is 7.01. The molecule has 0 fully saturated rings. The van der Waals surface area contributed by atoms with Crippen molar-refractivity contribution in [1.29, 1.82) is 0 Å². The lowest BCUT2D eigenvalue weighted by molar-refractivity contribution is 0.361. The Balaban J connectivity index is 2.35. The summed E-state index contributed by atoms with van der Waals surface area (Å²) in [5, 5.41) is 3.34. The lowest BCUT2D eigenvalue weighted by atomic mass is 10.2. The highest BCUT2D eigenvalue weighted by Crippen LogP contribution is 2.08. The molecule has 1 aromatic heterocycles. The van der Waals surface area contributed by atoms with Crippen LogP contribution in [0.3, 0.4) is 0 Å². The maximum Gasteiger partial charge on any atom is 0.138 e. The summed E-state index contributed by atoms with van der Waals surface area (Å²) < 4.78 is 5.35. The van der Waals surface area contributed by atoms with E-state index in [9.17, 15) is 0 Å². The molecule has 0 spiro atoms. The Morgan fingerprint density at radius 2 is 2.31 bits per heavy atom. The van der Waals surface area contributed by atoms with Gasteiger partial charge in [-0.2, -0.15) is 0 Å². The molecule has 1 aromatic rings. The molecule has 0 amide bonds. The largest absolute Gasteiger partial charge is 0.488 e. The molecule has 0 aliphatic heterocycles. The van der Waals surface area contributed by atoms with Crippen molar-refractivity contribution in [2.75, 3.05) is 13.2 Å². The van der Waals surface area contributed by atoms with Gasteiger partial charge in [-0.05, 0) is 24.6 Å². The molecule has 0 aromatic carbocycles. The maximum atomic E-state index is 5.35. The van der Waals surface area contributed by atoms with Gasteiger partial charge in [-0.25, -0.2) is 0 Å². The normalized spacial score (nSPS) is 10.4. The van der Waals surface area contributed by atoms with Gasteiger partial charge in [0.1, 0.15) is 12.4 Å². The highest BCUT2D eigenvalue weighted by Gasteiger charge is 1.97. The number of pyridine rings is 1. The highest BCUT2D eigenvalue weighted by atomic mass is 16.5. The van der Waals surface area contributed by atoms with Crippen molar-refractivity contribution in [3.63, 3.8) is 0 Å². The minimum atomic E-state index is 0.520. The first-order chi connectivity index (χ1) is 7.72. The van der Waals surface area contributed by atoms with Crippen LogP contribution < -0.4 is 10.1 Å². The molecule has 0 radical (unpaired) electrons. The number of aromatic nitrogens is 1. The zero-order chi connectivity index (χ0) is 11.8. The standard InChI is InChI=1S/C13H20N2O/c1-4-7-16-13-6-5-12(15-10-13)9-14-8-11(2)3/h4-6,10-11,14H,1,7-9H2,2-3H3. The summed E-state index contributed by atoms with van der Waals surface area (Å²) in [6.07, 6.45) is 3.47. The van der Waals surface area contributed by atoms with Gasteiger partial charge in [0.15, 0.2) is 0 Å². The Bertz CT molecular complexity index is 306. The summed E-state index contributed by atoms with van der Waals surface area (Å²) in [5.41, 5.74) is 1.03. The summed E-state index contributed by atoms with van der Waals surface area (Å²) in [4.78, 5) is 4.31. The van der Waals surface area contributed by atoms with E-state index in [1.54, 1.807) is 12.3 Å². The van der Waals surface area contributed by atoms with Gasteiger partial charge in [0.25, 0.3) is 0 Å². The summed E-state index contributed by atoms with van der Waals surface area (Å²) in [6, 6.07) is 3.91. The molecule has 0 saturated carbocycles. The Kier molecular flexibility index (Phi) is 5.57. The quantitative estimate of drug-likeness (QED) is 0.716. The summed E-state index contributed by atoms with van der Waals surface area (Å²) in [7, 11) is 0. The van der Waals surface area contributed by atoms with Crippen LogP contribution in [0.2, 0.25) is 0 Å². The second-order valence-electron chi connectivity index (χ2n) is 4.11. The lowest BCUT2D eigenvalue weighted by Gasteiger charge is -2.07. The van der Waals surface area contributed by atoms with Crippen LogP contribution in [-0.2, 0) is 6.54 Å². The van der Waals surface area contributed by atoms with Crippen LogP contribution in [0.25, 0.3) is 0 Å². The van der Waals surface area contributed by atoms with Crippen molar-refractivity contribution < 1.29 is 4.74 Å². The van der Waals surface area contributed by atoms with Gasteiger partial charge >= 0.3 is 0 Å². The summed E-state index contributed by atoms with van der Waals surface area (Å²) >= 11 is 0. The monoisotopic (exact) mass is 220 g/mol. The zero-order valence-corrected chi connectivity index (χ0v) is 10.1. The third-order valence-corrected chi connectivity index (χ3v) is 2.02. The number of nitrogens with zero attached hydrogens (tertiary/aromatic N) is 1. The van der Waals surface area contributed by atoms with Gasteiger partial charge in [0.2, 0.25) is 0 Å². The van der Waals surface area contributed by atoms with E-state index in [0.29, 0.717) is 12.5 Å². The summed E-state index contributed by atoms with van der Waals surface area (Å²) in [6.45, 7) is 10.3. The number of nitrogens with one attached hydrogen (secondary N) is 1. The maximum absolute atomic E-state index is 5.35. The molecular formula is C13H20N2O. The van der Waals surface area contributed by atoms with E-state index >= 15 is 0 Å². The van der Waals surface area contributed by atoms with E-state index in [1.807, 2.05) is 12.1 Å². The molecule has 1 N–H and O–H groups in total. The number of rotatable bonds is 7. The molecule has 0 bridgehead atoms. The number of hydrogen-bond acceptors (Lipinski definition) is 3. The van der Waals surface area contributed by atoms with Crippen LogP contribution in [0.4, 0.5) is 0 Å². The van der Waals surface area contributed by atoms with Gasteiger partial charge in [-0.3, -0.25) is 4.98 Å². The lowest BCUT2D eigenvalue weighted by Crippen LogP contribution is -2.19. The molecule has 16 heavy (non-hydrogen) atoms. The van der Waals surface area contributed by atoms with Gasteiger partial charge in [-0.15, -0.1) is 0 Å². The van der Waals surface area contributed by atoms with Gasteiger partial charge in [0.05, 0.1) is 11.9 Å².